The third kappa shape index (κ3) is 5.03. The van der Waals surface area contributed by atoms with E-state index in [2.05, 4.69) is 10.1 Å². The molecule has 0 heterocycles. The summed E-state index contributed by atoms with van der Waals surface area (Å²) in [5.74, 6) is -0.496. The third-order valence-electron chi connectivity index (χ3n) is 2.05. The van der Waals surface area contributed by atoms with Crippen LogP contribution in [0.1, 0.15) is 18.5 Å². The molecular weight excluding hydrogens is 254 g/mol. The van der Waals surface area contributed by atoms with Crippen molar-refractivity contribution in [1.29, 1.82) is 0 Å². The van der Waals surface area contributed by atoms with E-state index < -0.39 is 30.7 Å². The van der Waals surface area contributed by atoms with Crippen molar-refractivity contribution in [3.8, 4) is 0 Å². The van der Waals surface area contributed by atoms with Gasteiger partial charge in [-0.15, -0.1) is 0 Å². The van der Waals surface area contributed by atoms with E-state index in [9.17, 15) is 22.4 Å². The van der Waals surface area contributed by atoms with Gasteiger partial charge in [0.25, 0.3) is 0 Å². The normalized spacial score (nSPS) is 12.9. The lowest BCUT2D eigenvalue weighted by atomic mass is 10.1. The molecule has 0 spiro atoms. The maximum absolute atomic E-state index is 12.9. The van der Waals surface area contributed by atoms with Crippen LogP contribution in [0.2, 0.25) is 0 Å². The number of rotatable bonds is 3. The maximum Gasteiger partial charge on any atom is 0.422 e. The van der Waals surface area contributed by atoms with Crippen LogP contribution in [0.4, 0.5) is 22.4 Å². The summed E-state index contributed by atoms with van der Waals surface area (Å²) >= 11 is 0. The van der Waals surface area contributed by atoms with Crippen LogP contribution < -0.4 is 5.32 Å². The molecule has 0 unspecified atom stereocenters. The van der Waals surface area contributed by atoms with E-state index >= 15 is 0 Å². The Morgan fingerprint density at radius 2 is 2.11 bits per heavy atom. The number of hydrogen-bond acceptors (Lipinski definition) is 2. The highest BCUT2D eigenvalue weighted by Crippen LogP contribution is 2.16. The minimum atomic E-state index is -4.57. The van der Waals surface area contributed by atoms with Gasteiger partial charge in [-0.05, 0) is 24.6 Å². The Kier molecular flexibility index (Phi) is 4.52. The van der Waals surface area contributed by atoms with Gasteiger partial charge in [0, 0.05) is 0 Å². The van der Waals surface area contributed by atoms with Crippen molar-refractivity contribution in [3.63, 3.8) is 0 Å². The second-order valence-corrected chi connectivity index (χ2v) is 3.61. The average Bonchev–Trinajstić information content (AvgIpc) is 2.25. The van der Waals surface area contributed by atoms with Crippen LogP contribution in [0.5, 0.6) is 0 Å². The fourth-order valence-electron chi connectivity index (χ4n) is 1.23. The smallest absolute Gasteiger partial charge is 0.422 e. The van der Waals surface area contributed by atoms with E-state index in [0.717, 1.165) is 0 Å². The minimum absolute atomic E-state index is 0.430. The molecule has 18 heavy (non-hydrogen) atoms. The topological polar surface area (TPSA) is 38.3 Å². The summed E-state index contributed by atoms with van der Waals surface area (Å²) in [5, 5.41) is 2.17. The number of carbonyl (C=O) groups is 1. The number of carbonyl (C=O) groups excluding carboxylic acids is 1. The van der Waals surface area contributed by atoms with Crippen LogP contribution in [-0.4, -0.2) is 18.9 Å². The number of ether oxygens (including phenoxy) is 1. The first-order valence-corrected chi connectivity index (χ1v) is 5.03. The number of alkyl carbamates (subject to hydrolysis) is 1. The number of halogens is 4. The van der Waals surface area contributed by atoms with Gasteiger partial charge in [-0.1, -0.05) is 12.1 Å². The highest BCUT2D eigenvalue weighted by Gasteiger charge is 2.29. The SMILES string of the molecule is C[C@@H](NC(=O)OCC(F)(F)F)c1cccc(F)c1. The van der Waals surface area contributed by atoms with E-state index in [1.54, 1.807) is 0 Å². The summed E-state index contributed by atoms with van der Waals surface area (Å²) in [5.41, 5.74) is 0.430. The second-order valence-electron chi connectivity index (χ2n) is 3.61. The van der Waals surface area contributed by atoms with Crippen LogP contribution in [0.15, 0.2) is 24.3 Å². The Balaban J connectivity index is 2.50. The lowest BCUT2D eigenvalue weighted by Crippen LogP contribution is -2.30. The Hall–Kier alpha value is -1.79. The molecule has 1 aromatic carbocycles. The van der Waals surface area contributed by atoms with Crippen LogP contribution in [0.25, 0.3) is 0 Å². The third-order valence-corrected chi connectivity index (χ3v) is 2.05. The van der Waals surface area contributed by atoms with Gasteiger partial charge in [-0.3, -0.25) is 0 Å². The molecule has 0 bridgehead atoms. The zero-order chi connectivity index (χ0) is 13.8. The molecule has 1 atom stereocenters. The molecule has 0 radical (unpaired) electrons. The van der Waals surface area contributed by atoms with Gasteiger partial charge < -0.3 is 10.1 Å². The average molecular weight is 265 g/mol. The maximum atomic E-state index is 12.9. The van der Waals surface area contributed by atoms with E-state index in [4.69, 9.17) is 0 Å². The standard InChI is InChI=1S/C11H11F4NO2/c1-7(8-3-2-4-9(12)5-8)16-10(17)18-6-11(13,14)15/h2-5,7H,6H2,1H3,(H,16,17)/t7-/m1/s1. The zero-order valence-electron chi connectivity index (χ0n) is 9.42. The number of hydrogen-bond donors (Lipinski definition) is 1. The summed E-state index contributed by atoms with van der Waals surface area (Å²) in [6, 6.07) is 4.72. The quantitative estimate of drug-likeness (QED) is 0.852. The lowest BCUT2D eigenvalue weighted by Gasteiger charge is -2.15. The zero-order valence-corrected chi connectivity index (χ0v) is 9.42. The van der Waals surface area contributed by atoms with Crippen molar-refractivity contribution in [3.05, 3.63) is 35.6 Å². The molecule has 1 rings (SSSR count). The Bertz CT molecular complexity index is 420. The van der Waals surface area contributed by atoms with E-state index in [-0.39, 0.29) is 0 Å². The molecule has 1 N–H and O–H groups in total. The molecule has 0 aliphatic carbocycles. The van der Waals surface area contributed by atoms with E-state index in [0.29, 0.717) is 5.56 Å². The van der Waals surface area contributed by atoms with Crippen molar-refractivity contribution < 1.29 is 27.1 Å². The van der Waals surface area contributed by atoms with Crippen LogP contribution >= 0.6 is 0 Å². The molecule has 7 heteroatoms. The summed E-state index contributed by atoms with van der Waals surface area (Å²) in [7, 11) is 0. The van der Waals surface area contributed by atoms with Gasteiger partial charge in [0.15, 0.2) is 6.61 Å². The molecule has 1 amide bonds. The number of amides is 1. The first-order chi connectivity index (χ1) is 8.28. The van der Waals surface area contributed by atoms with Crippen LogP contribution in [0.3, 0.4) is 0 Å². The fraction of sp³-hybridized carbons (Fsp3) is 0.364. The van der Waals surface area contributed by atoms with Crippen molar-refractivity contribution in [2.75, 3.05) is 6.61 Å². The molecule has 0 saturated carbocycles. The number of nitrogens with one attached hydrogen (secondary N) is 1. The molecule has 0 saturated heterocycles. The van der Waals surface area contributed by atoms with Gasteiger partial charge in [-0.25, -0.2) is 9.18 Å². The molecular formula is C11H11F4NO2. The molecule has 0 fully saturated rings. The number of benzene rings is 1. The molecule has 1 aromatic rings. The lowest BCUT2D eigenvalue weighted by molar-refractivity contribution is -0.160. The van der Waals surface area contributed by atoms with Crippen molar-refractivity contribution in [2.24, 2.45) is 0 Å². The fourth-order valence-corrected chi connectivity index (χ4v) is 1.23. The van der Waals surface area contributed by atoms with Crippen molar-refractivity contribution in [2.45, 2.75) is 19.1 Å². The van der Waals surface area contributed by atoms with Gasteiger partial charge in [-0.2, -0.15) is 13.2 Å². The molecule has 100 valence electrons. The van der Waals surface area contributed by atoms with Crippen LogP contribution in [0, 0.1) is 5.82 Å². The van der Waals surface area contributed by atoms with Gasteiger partial charge in [0.05, 0.1) is 6.04 Å². The summed E-state index contributed by atoms with van der Waals surface area (Å²) in [6.07, 6.45) is -5.77. The minimum Gasteiger partial charge on any atom is -0.440 e. The van der Waals surface area contributed by atoms with Gasteiger partial charge in [0.2, 0.25) is 0 Å². The highest BCUT2D eigenvalue weighted by atomic mass is 19.4. The molecule has 3 nitrogen and oxygen atoms in total. The van der Waals surface area contributed by atoms with E-state index in [1.165, 1.54) is 31.2 Å². The molecule has 0 aliphatic heterocycles. The predicted octanol–water partition coefficient (Wildman–Crippen LogP) is 3.18. The Morgan fingerprint density at radius 3 is 2.67 bits per heavy atom. The Labute approximate surface area is 101 Å². The molecule has 0 aromatic heterocycles. The van der Waals surface area contributed by atoms with Crippen LogP contribution in [-0.2, 0) is 4.74 Å². The van der Waals surface area contributed by atoms with E-state index in [1.807, 2.05) is 0 Å². The first-order valence-electron chi connectivity index (χ1n) is 5.03. The van der Waals surface area contributed by atoms with Crippen molar-refractivity contribution in [1.82, 2.24) is 5.32 Å². The predicted molar refractivity (Wildman–Crippen MR) is 55.4 cm³/mol. The summed E-state index contributed by atoms with van der Waals surface area (Å²) in [4.78, 5) is 11.0. The van der Waals surface area contributed by atoms with Crippen molar-refractivity contribution >= 4 is 6.09 Å². The van der Waals surface area contributed by atoms with Gasteiger partial charge in [0.1, 0.15) is 5.82 Å². The number of alkyl halides is 3. The Morgan fingerprint density at radius 1 is 1.44 bits per heavy atom. The largest absolute Gasteiger partial charge is 0.440 e. The summed E-state index contributed by atoms with van der Waals surface area (Å²) in [6.45, 7) is -0.154. The van der Waals surface area contributed by atoms with Gasteiger partial charge >= 0.3 is 12.3 Å². The monoisotopic (exact) mass is 265 g/mol. The highest BCUT2D eigenvalue weighted by molar-refractivity contribution is 5.67. The summed E-state index contributed by atoms with van der Waals surface area (Å²) < 4.78 is 52.2. The first kappa shape index (κ1) is 14.3. The second kappa shape index (κ2) is 5.70. The molecule has 0 aliphatic rings.